The SMILES string of the molecule is CCCCCCCC/C=C\CCCCCCCC(=O)OCC(Cc1cncn1C)C(CC)C(=O)OCc1cccc(Cc2c[nH]cn2)c1C. The summed E-state index contributed by atoms with van der Waals surface area (Å²) < 4.78 is 13.7. The second-order valence-electron chi connectivity index (χ2n) is 13.5. The molecule has 0 fully saturated rings. The van der Waals surface area contributed by atoms with Gasteiger partial charge in [-0.05, 0) is 68.6 Å². The van der Waals surface area contributed by atoms with Crippen molar-refractivity contribution in [3.8, 4) is 0 Å². The minimum atomic E-state index is -0.407. The summed E-state index contributed by atoms with van der Waals surface area (Å²) in [6.45, 7) is 6.69. The van der Waals surface area contributed by atoms with Crippen LogP contribution >= 0.6 is 0 Å². The number of esters is 2. The molecule has 0 saturated heterocycles. The Morgan fingerprint density at radius 2 is 1.61 bits per heavy atom. The smallest absolute Gasteiger partial charge is 0.309 e. The van der Waals surface area contributed by atoms with Crippen LogP contribution in [0.5, 0.6) is 0 Å². The molecule has 0 aliphatic carbocycles. The number of H-pyrrole nitrogens is 1. The Bertz CT molecular complexity index is 1360. The number of unbranched alkanes of at least 4 members (excludes halogenated alkanes) is 11. The molecule has 3 rings (SSSR count). The third-order valence-electron chi connectivity index (χ3n) is 9.66. The van der Waals surface area contributed by atoms with E-state index in [1.54, 1.807) is 12.7 Å². The van der Waals surface area contributed by atoms with Gasteiger partial charge < -0.3 is 19.0 Å². The van der Waals surface area contributed by atoms with Crippen LogP contribution in [-0.2, 0) is 45.6 Å². The van der Waals surface area contributed by atoms with Crippen molar-refractivity contribution in [3.05, 3.63) is 83.5 Å². The summed E-state index contributed by atoms with van der Waals surface area (Å²) in [4.78, 5) is 37.9. The fourth-order valence-electron chi connectivity index (χ4n) is 6.40. The summed E-state index contributed by atoms with van der Waals surface area (Å²) in [6.07, 6.45) is 30.0. The molecule has 2 heterocycles. The lowest BCUT2D eigenvalue weighted by molar-refractivity contribution is -0.156. The average Bonchev–Trinajstić information content (AvgIpc) is 3.77. The molecule has 0 bridgehead atoms. The second-order valence-corrected chi connectivity index (χ2v) is 13.5. The molecule has 270 valence electrons. The fourth-order valence-corrected chi connectivity index (χ4v) is 6.40. The Hall–Kier alpha value is -3.68. The van der Waals surface area contributed by atoms with E-state index in [1.807, 2.05) is 43.1 Å². The van der Waals surface area contributed by atoms with Gasteiger partial charge in [0.15, 0.2) is 0 Å². The van der Waals surface area contributed by atoms with E-state index in [1.165, 1.54) is 57.8 Å². The molecule has 2 aromatic heterocycles. The lowest BCUT2D eigenvalue weighted by Gasteiger charge is -2.25. The van der Waals surface area contributed by atoms with Crippen LogP contribution in [0.1, 0.15) is 138 Å². The van der Waals surface area contributed by atoms with Gasteiger partial charge in [0.2, 0.25) is 0 Å². The Kier molecular flexibility index (Phi) is 19.2. The van der Waals surface area contributed by atoms with Crippen LogP contribution in [0.2, 0.25) is 0 Å². The van der Waals surface area contributed by atoms with Crippen LogP contribution in [0.25, 0.3) is 0 Å². The zero-order chi connectivity index (χ0) is 35.1. The molecule has 0 spiro atoms. The molecular weight excluding hydrogens is 612 g/mol. The monoisotopic (exact) mass is 674 g/mol. The number of carbonyl (C=O) groups excluding carboxylic acids is 2. The van der Waals surface area contributed by atoms with Crippen LogP contribution in [0.3, 0.4) is 0 Å². The Balaban J connectivity index is 1.40. The number of aromatic amines is 1. The molecule has 0 saturated carbocycles. The fraction of sp³-hybridized carbons (Fsp3) is 0.610. The third kappa shape index (κ3) is 15.2. The maximum Gasteiger partial charge on any atom is 0.309 e. The topological polar surface area (TPSA) is 99.1 Å². The zero-order valence-electron chi connectivity index (χ0n) is 30.8. The molecule has 1 aromatic carbocycles. The van der Waals surface area contributed by atoms with E-state index >= 15 is 0 Å². The molecule has 0 aliphatic heterocycles. The molecule has 8 heteroatoms. The van der Waals surface area contributed by atoms with Crippen molar-refractivity contribution in [1.29, 1.82) is 0 Å². The van der Waals surface area contributed by atoms with Gasteiger partial charge >= 0.3 is 11.9 Å². The first-order valence-corrected chi connectivity index (χ1v) is 18.9. The van der Waals surface area contributed by atoms with Crippen molar-refractivity contribution in [1.82, 2.24) is 19.5 Å². The Morgan fingerprint density at radius 3 is 2.27 bits per heavy atom. The lowest BCUT2D eigenvalue weighted by Crippen LogP contribution is -2.31. The van der Waals surface area contributed by atoms with Crippen molar-refractivity contribution in [2.75, 3.05) is 6.61 Å². The number of aryl methyl sites for hydroxylation is 1. The van der Waals surface area contributed by atoms with Gasteiger partial charge in [0.1, 0.15) is 6.61 Å². The van der Waals surface area contributed by atoms with Crippen molar-refractivity contribution in [2.24, 2.45) is 18.9 Å². The number of benzene rings is 1. The number of hydrogen-bond acceptors (Lipinski definition) is 6. The number of nitrogens with one attached hydrogen (secondary N) is 1. The van der Waals surface area contributed by atoms with E-state index in [-0.39, 0.29) is 31.1 Å². The predicted octanol–water partition coefficient (Wildman–Crippen LogP) is 9.55. The van der Waals surface area contributed by atoms with Gasteiger partial charge in [0.05, 0.1) is 30.9 Å². The molecule has 49 heavy (non-hydrogen) atoms. The first-order valence-electron chi connectivity index (χ1n) is 18.9. The first kappa shape index (κ1) is 39.8. The first-order chi connectivity index (χ1) is 23.9. The Morgan fingerprint density at radius 1 is 0.918 bits per heavy atom. The molecule has 0 aliphatic rings. The molecule has 2 atom stereocenters. The zero-order valence-corrected chi connectivity index (χ0v) is 30.8. The number of imidazole rings is 2. The van der Waals surface area contributed by atoms with Gasteiger partial charge in [0, 0.05) is 43.9 Å². The maximum atomic E-state index is 13.5. The molecule has 3 aromatic rings. The molecule has 2 unspecified atom stereocenters. The quantitative estimate of drug-likeness (QED) is 0.0517. The van der Waals surface area contributed by atoms with Gasteiger partial charge in [-0.2, -0.15) is 0 Å². The summed E-state index contributed by atoms with van der Waals surface area (Å²) in [6, 6.07) is 6.08. The number of nitrogens with zero attached hydrogens (tertiary/aromatic N) is 3. The van der Waals surface area contributed by atoms with Crippen LogP contribution in [0.4, 0.5) is 0 Å². The molecule has 8 nitrogen and oxygen atoms in total. The third-order valence-corrected chi connectivity index (χ3v) is 9.66. The summed E-state index contributed by atoms with van der Waals surface area (Å²) in [5, 5.41) is 0. The van der Waals surface area contributed by atoms with E-state index in [9.17, 15) is 9.59 Å². The number of allylic oxidation sites excluding steroid dienone is 2. The summed E-state index contributed by atoms with van der Waals surface area (Å²) in [5.41, 5.74) is 5.19. The van der Waals surface area contributed by atoms with Crippen LogP contribution in [-0.4, -0.2) is 38.1 Å². The second kappa shape index (κ2) is 23.6. The largest absolute Gasteiger partial charge is 0.465 e. The number of rotatable bonds is 26. The highest BCUT2D eigenvalue weighted by molar-refractivity contribution is 5.73. The van der Waals surface area contributed by atoms with Gasteiger partial charge in [-0.1, -0.05) is 95.6 Å². The van der Waals surface area contributed by atoms with Crippen LogP contribution in [0.15, 0.2) is 55.4 Å². The van der Waals surface area contributed by atoms with Crippen molar-refractivity contribution >= 4 is 11.9 Å². The number of carbonyl (C=O) groups is 2. The highest BCUT2D eigenvalue weighted by Crippen LogP contribution is 2.25. The highest BCUT2D eigenvalue weighted by atomic mass is 16.5. The van der Waals surface area contributed by atoms with E-state index < -0.39 is 5.92 Å². The molecule has 1 N–H and O–H groups in total. The van der Waals surface area contributed by atoms with Crippen LogP contribution < -0.4 is 0 Å². The molecule has 0 radical (unpaired) electrons. The minimum Gasteiger partial charge on any atom is -0.465 e. The van der Waals surface area contributed by atoms with E-state index in [2.05, 4.69) is 47.0 Å². The summed E-state index contributed by atoms with van der Waals surface area (Å²) in [7, 11) is 1.94. The molecule has 0 amide bonds. The van der Waals surface area contributed by atoms with Crippen molar-refractivity contribution in [3.63, 3.8) is 0 Å². The predicted molar refractivity (Wildman–Crippen MR) is 197 cm³/mol. The van der Waals surface area contributed by atoms with Gasteiger partial charge in [-0.3, -0.25) is 9.59 Å². The minimum absolute atomic E-state index is 0.181. The van der Waals surface area contributed by atoms with E-state index in [0.717, 1.165) is 53.8 Å². The van der Waals surface area contributed by atoms with E-state index in [0.29, 0.717) is 25.7 Å². The highest BCUT2D eigenvalue weighted by Gasteiger charge is 2.30. The number of hydrogen-bond donors (Lipinski definition) is 1. The van der Waals surface area contributed by atoms with Gasteiger partial charge in [-0.15, -0.1) is 0 Å². The lowest BCUT2D eigenvalue weighted by atomic mass is 9.87. The van der Waals surface area contributed by atoms with E-state index in [4.69, 9.17) is 9.47 Å². The molecular formula is C41H62N4O4. The van der Waals surface area contributed by atoms with Crippen molar-refractivity contribution < 1.29 is 19.1 Å². The normalized spacial score (nSPS) is 12.7. The summed E-state index contributed by atoms with van der Waals surface area (Å²) in [5.74, 6) is -1.08. The standard InChI is InChI=1S/C41H62N4O4/c1-5-7-8-9-10-11-12-13-14-15-16-17-18-19-20-24-40(46)48-30-36(26-38-28-43-32-45(38)4)39(6-2)41(47)49-29-35-23-21-22-34(33(35)3)25-37-27-42-31-44-37/h13-14,21-23,27-28,31-32,36,39H,5-12,15-20,24-26,29-30H2,1-4H3,(H,42,44)/b14-13-. The van der Waals surface area contributed by atoms with Crippen LogP contribution in [0, 0.1) is 18.8 Å². The number of ether oxygens (including phenoxy) is 2. The maximum absolute atomic E-state index is 13.5. The average molecular weight is 675 g/mol. The van der Waals surface area contributed by atoms with Gasteiger partial charge in [-0.25, -0.2) is 9.97 Å². The number of aromatic nitrogens is 4. The van der Waals surface area contributed by atoms with Crippen molar-refractivity contribution in [2.45, 2.75) is 137 Å². The Labute approximate surface area is 295 Å². The summed E-state index contributed by atoms with van der Waals surface area (Å²) >= 11 is 0. The van der Waals surface area contributed by atoms with Gasteiger partial charge in [0.25, 0.3) is 0 Å².